The van der Waals surface area contributed by atoms with Crippen LogP contribution in [0.2, 0.25) is 0 Å². The number of aromatic nitrogens is 1. The van der Waals surface area contributed by atoms with Crippen molar-refractivity contribution in [3.05, 3.63) is 47.8 Å². The summed E-state index contributed by atoms with van der Waals surface area (Å²) in [5.74, 6) is -0.266. The average Bonchev–Trinajstić information content (AvgIpc) is 3.39. The molecule has 0 spiro atoms. The summed E-state index contributed by atoms with van der Waals surface area (Å²) in [6.45, 7) is 0.524. The molecule has 1 aliphatic rings. The van der Waals surface area contributed by atoms with Crippen molar-refractivity contribution in [2.75, 3.05) is 20.8 Å². The minimum atomic E-state index is -3.94. The number of methoxy groups -OCH3 is 2. The summed E-state index contributed by atoms with van der Waals surface area (Å²) in [7, 11) is 0.428. The molecule has 10 heteroatoms. The second-order valence-electron chi connectivity index (χ2n) is 7.00. The first-order valence-corrected chi connectivity index (χ1v) is 10.9. The van der Waals surface area contributed by atoms with E-state index < -0.39 is 22.0 Å². The van der Waals surface area contributed by atoms with Gasteiger partial charge in [0.15, 0.2) is 0 Å². The Kier molecular flexibility index (Phi) is 6.47. The highest BCUT2D eigenvalue weighted by atomic mass is 32.2. The van der Waals surface area contributed by atoms with Gasteiger partial charge in [-0.1, -0.05) is 12.1 Å². The number of ether oxygens (including phenoxy) is 2. The largest absolute Gasteiger partial charge is 0.497 e. The molecule has 3 rings (SSSR count). The highest BCUT2D eigenvalue weighted by Gasteiger charge is 2.40. The number of aryl methyl sites for hydroxylation is 1. The predicted octanol–water partition coefficient (Wildman–Crippen LogP) is 1.29. The summed E-state index contributed by atoms with van der Waals surface area (Å²) in [6, 6.07) is 7.73. The maximum atomic E-state index is 13.1. The second-order valence-corrected chi connectivity index (χ2v) is 8.89. The zero-order valence-corrected chi connectivity index (χ0v) is 17.9. The zero-order chi connectivity index (χ0) is 21.9. The summed E-state index contributed by atoms with van der Waals surface area (Å²) in [6.07, 6.45) is 2.37. The van der Waals surface area contributed by atoms with Crippen LogP contribution in [0.5, 0.6) is 5.75 Å². The number of nitrogens with zero attached hydrogens (tertiary/aromatic N) is 2. The molecule has 1 fully saturated rings. The lowest BCUT2D eigenvalue weighted by Crippen LogP contribution is -2.45. The molecule has 1 aromatic carbocycles. The van der Waals surface area contributed by atoms with Crippen molar-refractivity contribution >= 4 is 21.9 Å². The number of amides is 1. The first kappa shape index (κ1) is 21.8. The number of nitrogens with one attached hydrogen (secondary N) is 1. The molecule has 0 radical (unpaired) electrons. The summed E-state index contributed by atoms with van der Waals surface area (Å²) in [5.41, 5.74) is 0.998. The van der Waals surface area contributed by atoms with Gasteiger partial charge in [-0.25, -0.2) is 13.2 Å². The number of rotatable bonds is 7. The third-order valence-electron chi connectivity index (χ3n) is 5.11. The normalized spacial score (nSPS) is 17.0. The quantitative estimate of drug-likeness (QED) is 0.657. The van der Waals surface area contributed by atoms with Crippen LogP contribution in [0.15, 0.2) is 41.4 Å². The van der Waals surface area contributed by atoms with Gasteiger partial charge in [0.25, 0.3) is 0 Å². The Labute approximate surface area is 175 Å². The van der Waals surface area contributed by atoms with Crippen molar-refractivity contribution in [1.29, 1.82) is 0 Å². The van der Waals surface area contributed by atoms with Gasteiger partial charge in [0.1, 0.15) is 22.4 Å². The van der Waals surface area contributed by atoms with Crippen LogP contribution in [0.3, 0.4) is 0 Å². The highest BCUT2D eigenvalue weighted by Crippen LogP contribution is 2.27. The minimum Gasteiger partial charge on any atom is -0.497 e. The topological polar surface area (TPSA) is 107 Å². The molecule has 1 saturated heterocycles. The summed E-state index contributed by atoms with van der Waals surface area (Å²) < 4.78 is 38.7. The SMILES string of the molecule is COC(=O)c1cc(S(=O)(=O)N2CCC[C@@H]2C(=O)NCc2ccc(OC)cc2)cn1C. The van der Waals surface area contributed by atoms with E-state index in [2.05, 4.69) is 10.1 Å². The van der Waals surface area contributed by atoms with E-state index in [1.165, 1.54) is 28.2 Å². The smallest absolute Gasteiger partial charge is 0.354 e. The number of sulfonamides is 1. The van der Waals surface area contributed by atoms with Crippen molar-refractivity contribution < 1.29 is 27.5 Å². The molecular formula is C20H25N3O6S. The molecule has 0 bridgehead atoms. The number of carbonyl (C=O) groups excluding carboxylic acids is 2. The fourth-order valence-electron chi connectivity index (χ4n) is 3.46. The predicted molar refractivity (Wildman–Crippen MR) is 109 cm³/mol. The number of carbonyl (C=O) groups is 2. The van der Waals surface area contributed by atoms with Crippen LogP contribution in [0.4, 0.5) is 0 Å². The minimum absolute atomic E-state index is 0.0414. The Morgan fingerprint density at radius 3 is 2.53 bits per heavy atom. The number of benzene rings is 1. The molecule has 2 aromatic rings. The highest BCUT2D eigenvalue weighted by molar-refractivity contribution is 7.89. The fraction of sp³-hybridized carbons (Fsp3) is 0.400. The van der Waals surface area contributed by atoms with E-state index in [9.17, 15) is 18.0 Å². The fourth-order valence-corrected chi connectivity index (χ4v) is 5.19. The first-order chi connectivity index (χ1) is 14.3. The van der Waals surface area contributed by atoms with Gasteiger partial charge in [-0.15, -0.1) is 0 Å². The molecule has 0 aliphatic carbocycles. The van der Waals surface area contributed by atoms with E-state index in [4.69, 9.17) is 4.74 Å². The lowest BCUT2D eigenvalue weighted by molar-refractivity contribution is -0.124. The van der Waals surface area contributed by atoms with Crippen LogP contribution < -0.4 is 10.1 Å². The summed E-state index contributed by atoms with van der Waals surface area (Å²) >= 11 is 0. The van der Waals surface area contributed by atoms with E-state index in [1.807, 2.05) is 12.1 Å². The van der Waals surface area contributed by atoms with Crippen molar-refractivity contribution in [1.82, 2.24) is 14.2 Å². The molecule has 0 saturated carbocycles. The lowest BCUT2D eigenvalue weighted by Gasteiger charge is -2.23. The van der Waals surface area contributed by atoms with E-state index in [0.717, 1.165) is 5.56 Å². The molecule has 1 aliphatic heterocycles. The maximum absolute atomic E-state index is 13.1. The number of hydrogen-bond acceptors (Lipinski definition) is 6. The Morgan fingerprint density at radius 1 is 1.20 bits per heavy atom. The van der Waals surface area contributed by atoms with Crippen molar-refractivity contribution in [3.63, 3.8) is 0 Å². The monoisotopic (exact) mass is 435 g/mol. The van der Waals surface area contributed by atoms with Crippen LogP contribution in [0.25, 0.3) is 0 Å². The average molecular weight is 436 g/mol. The lowest BCUT2D eigenvalue weighted by atomic mass is 10.2. The van der Waals surface area contributed by atoms with Crippen molar-refractivity contribution in [2.24, 2.45) is 7.05 Å². The van der Waals surface area contributed by atoms with Gasteiger partial charge < -0.3 is 19.4 Å². The van der Waals surface area contributed by atoms with Gasteiger partial charge >= 0.3 is 5.97 Å². The first-order valence-electron chi connectivity index (χ1n) is 9.45. The van der Waals surface area contributed by atoms with Crippen LogP contribution in [0, 0.1) is 0 Å². The Bertz CT molecular complexity index is 1030. The number of hydrogen-bond donors (Lipinski definition) is 1. The van der Waals surface area contributed by atoms with Gasteiger partial charge in [-0.2, -0.15) is 4.31 Å². The maximum Gasteiger partial charge on any atom is 0.354 e. The van der Waals surface area contributed by atoms with E-state index in [1.54, 1.807) is 26.3 Å². The summed E-state index contributed by atoms with van der Waals surface area (Å²) in [5, 5.41) is 2.81. The van der Waals surface area contributed by atoms with Crippen molar-refractivity contribution in [3.8, 4) is 5.75 Å². The second kappa shape index (κ2) is 8.88. The van der Waals surface area contributed by atoms with Gasteiger partial charge in [0.2, 0.25) is 15.9 Å². The van der Waals surface area contributed by atoms with E-state index in [0.29, 0.717) is 18.6 Å². The van der Waals surface area contributed by atoms with Gasteiger partial charge in [0, 0.05) is 26.3 Å². The van der Waals surface area contributed by atoms with Crippen LogP contribution in [-0.2, 0) is 33.1 Å². The Hall–Kier alpha value is -2.85. The van der Waals surface area contributed by atoms with E-state index in [-0.39, 0.29) is 29.6 Å². The summed E-state index contributed by atoms with van der Waals surface area (Å²) in [4.78, 5) is 24.5. The molecule has 2 heterocycles. The Balaban J connectivity index is 1.73. The zero-order valence-electron chi connectivity index (χ0n) is 17.1. The van der Waals surface area contributed by atoms with Gasteiger partial charge in [-0.05, 0) is 36.6 Å². The molecule has 162 valence electrons. The molecule has 9 nitrogen and oxygen atoms in total. The van der Waals surface area contributed by atoms with Gasteiger partial charge in [0.05, 0.1) is 14.2 Å². The molecule has 1 atom stereocenters. The van der Waals surface area contributed by atoms with E-state index >= 15 is 0 Å². The van der Waals surface area contributed by atoms with Crippen molar-refractivity contribution in [2.45, 2.75) is 30.3 Å². The Morgan fingerprint density at radius 2 is 1.90 bits per heavy atom. The third kappa shape index (κ3) is 4.34. The molecule has 1 aromatic heterocycles. The third-order valence-corrected chi connectivity index (χ3v) is 6.99. The standard InChI is InChI=1S/C20H25N3O6S/c1-22-13-16(11-18(22)20(25)29-3)30(26,27)23-10-4-5-17(23)19(24)21-12-14-6-8-15(28-2)9-7-14/h6-9,11,13,17H,4-5,10,12H2,1-3H3,(H,21,24)/t17-/m1/s1. The molecule has 1 amide bonds. The molecule has 1 N–H and O–H groups in total. The molecule has 0 unspecified atom stereocenters. The van der Waals surface area contributed by atoms with Crippen LogP contribution >= 0.6 is 0 Å². The molecular weight excluding hydrogens is 410 g/mol. The van der Waals surface area contributed by atoms with Crippen LogP contribution in [0.1, 0.15) is 28.9 Å². The van der Waals surface area contributed by atoms with Gasteiger partial charge in [-0.3, -0.25) is 4.79 Å². The van der Waals surface area contributed by atoms with Crippen LogP contribution in [-0.4, -0.2) is 56.0 Å². The number of esters is 1. The molecule has 30 heavy (non-hydrogen) atoms.